The predicted molar refractivity (Wildman–Crippen MR) is 160 cm³/mol. The molecule has 0 aliphatic heterocycles. The van der Waals surface area contributed by atoms with E-state index >= 15 is 0 Å². The molecule has 0 aliphatic carbocycles. The molecule has 2 atom stereocenters. The molecule has 0 saturated carbocycles. The van der Waals surface area contributed by atoms with E-state index < -0.39 is 26.5 Å². The Bertz CT molecular complexity index is 723. The Balaban J connectivity index is 4.56. The molecule has 0 spiro atoms. The van der Waals surface area contributed by atoms with Gasteiger partial charge in [0.15, 0.2) is 6.10 Å². The lowest BCUT2D eigenvalue weighted by Gasteiger charge is -2.24. The topological polar surface area (TPSA) is 108 Å². The highest BCUT2D eigenvalue weighted by molar-refractivity contribution is 7.47. The van der Waals surface area contributed by atoms with Crippen molar-refractivity contribution in [2.24, 2.45) is 0 Å². The van der Waals surface area contributed by atoms with E-state index in [2.05, 4.69) is 26.0 Å². The van der Waals surface area contributed by atoms with Crippen molar-refractivity contribution in [2.45, 2.75) is 123 Å². The highest BCUT2D eigenvalue weighted by atomic mass is 31.2. The van der Waals surface area contributed by atoms with Gasteiger partial charge in [-0.05, 0) is 32.1 Å². The standard InChI is InChI=1S/C30H58NO8P/c1-6-8-10-12-14-15-16-17-19-21-23-30(33)39-28(26-36-29(32)22-20-18-13-11-9-7-2)27-38-40(34,35)37-25-24-31(3,4)5/h10,12,28H,6-9,11,13-27H2,1-5H3/p+1/b12-10+/t28-/m0/s1. The molecule has 1 unspecified atom stereocenters. The van der Waals surface area contributed by atoms with Crippen LogP contribution in [0, 0.1) is 0 Å². The number of esters is 2. The van der Waals surface area contributed by atoms with Gasteiger partial charge in [0.1, 0.15) is 19.8 Å². The number of likely N-dealkylation sites (N-methyl/N-ethyl adjacent to an activating group) is 1. The van der Waals surface area contributed by atoms with Gasteiger partial charge in [-0.3, -0.25) is 18.6 Å². The van der Waals surface area contributed by atoms with E-state index in [9.17, 15) is 19.0 Å². The Labute approximate surface area is 244 Å². The molecule has 0 amide bonds. The van der Waals surface area contributed by atoms with E-state index in [0.717, 1.165) is 64.2 Å². The van der Waals surface area contributed by atoms with Crippen LogP contribution >= 0.6 is 7.82 Å². The van der Waals surface area contributed by atoms with Crippen molar-refractivity contribution in [1.82, 2.24) is 0 Å². The number of ether oxygens (including phenoxy) is 2. The number of carbonyl (C=O) groups is 2. The zero-order valence-corrected chi connectivity index (χ0v) is 27.0. The lowest BCUT2D eigenvalue weighted by molar-refractivity contribution is -0.870. The second-order valence-corrected chi connectivity index (χ2v) is 12.9. The minimum atomic E-state index is -4.35. The highest BCUT2D eigenvalue weighted by Crippen LogP contribution is 2.43. The largest absolute Gasteiger partial charge is 0.472 e. The van der Waals surface area contributed by atoms with Crippen molar-refractivity contribution in [1.29, 1.82) is 0 Å². The summed E-state index contributed by atoms with van der Waals surface area (Å²) < 4.78 is 33.8. The quantitative estimate of drug-likeness (QED) is 0.0353. The van der Waals surface area contributed by atoms with Gasteiger partial charge in [-0.2, -0.15) is 0 Å². The number of quaternary nitrogens is 1. The Kier molecular flexibility index (Phi) is 23.6. The number of unbranched alkanes of at least 4 members (excludes halogenated alkanes) is 11. The van der Waals surface area contributed by atoms with Crippen LogP contribution in [0.25, 0.3) is 0 Å². The molecular weight excluding hydrogens is 533 g/mol. The number of allylic oxidation sites excluding steroid dienone is 2. The molecule has 0 aromatic heterocycles. The Morgan fingerprint density at radius 2 is 1.32 bits per heavy atom. The van der Waals surface area contributed by atoms with Crippen molar-refractivity contribution < 1.29 is 42.1 Å². The van der Waals surface area contributed by atoms with Crippen molar-refractivity contribution in [3.63, 3.8) is 0 Å². The van der Waals surface area contributed by atoms with Gasteiger partial charge >= 0.3 is 19.8 Å². The van der Waals surface area contributed by atoms with Gasteiger partial charge in [-0.15, -0.1) is 0 Å². The second-order valence-electron chi connectivity index (χ2n) is 11.5. The van der Waals surface area contributed by atoms with Crippen molar-refractivity contribution in [2.75, 3.05) is 47.5 Å². The van der Waals surface area contributed by atoms with Crippen LogP contribution in [0.4, 0.5) is 0 Å². The molecule has 0 aromatic rings. The first kappa shape index (κ1) is 38.8. The lowest BCUT2D eigenvalue weighted by atomic mass is 10.1. The SMILES string of the molecule is CCC/C=C/CCCCCCCC(=O)O[C@@H](COC(=O)CCCCCCCC)COP(=O)(O)OCC[N+](C)(C)C. The zero-order valence-electron chi connectivity index (χ0n) is 26.1. The van der Waals surface area contributed by atoms with Crippen molar-refractivity contribution in [3.8, 4) is 0 Å². The molecule has 0 radical (unpaired) electrons. The van der Waals surface area contributed by atoms with Gasteiger partial charge in [0.05, 0.1) is 27.7 Å². The normalized spacial score (nSPS) is 14.2. The summed E-state index contributed by atoms with van der Waals surface area (Å²) in [6.45, 7) is 4.24. The summed E-state index contributed by atoms with van der Waals surface area (Å²) in [6.07, 6.45) is 18.7. The molecule has 40 heavy (non-hydrogen) atoms. The van der Waals surface area contributed by atoms with E-state index in [-0.39, 0.29) is 32.0 Å². The van der Waals surface area contributed by atoms with E-state index in [4.69, 9.17) is 18.5 Å². The molecule has 0 fully saturated rings. The zero-order chi connectivity index (χ0) is 30.1. The molecule has 9 nitrogen and oxygen atoms in total. The maximum absolute atomic E-state index is 12.4. The first-order valence-corrected chi connectivity index (χ1v) is 16.9. The minimum absolute atomic E-state index is 0.0317. The van der Waals surface area contributed by atoms with E-state index in [0.29, 0.717) is 17.4 Å². The number of rotatable bonds is 27. The van der Waals surface area contributed by atoms with Crippen molar-refractivity contribution in [3.05, 3.63) is 12.2 Å². The Hall–Kier alpha value is -1.25. The molecule has 10 heteroatoms. The van der Waals surface area contributed by atoms with Crippen LogP contribution in [-0.2, 0) is 32.7 Å². The van der Waals surface area contributed by atoms with Crippen LogP contribution in [-0.4, -0.2) is 74.9 Å². The van der Waals surface area contributed by atoms with Crippen LogP contribution in [0.1, 0.15) is 117 Å². The summed E-state index contributed by atoms with van der Waals surface area (Å²) in [4.78, 5) is 34.7. The number of nitrogens with zero attached hydrogens (tertiary/aromatic N) is 1. The Morgan fingerprint density at radius 1 is 0.750 bits per heavy atom. The molecule has 0 bridgehead atoms. The maximum atomic E-state index is 12.4. The number of hydrogen-bond acceptors (Lipinski definition) is 7. The fourth-order valence-electron chi connectivity index (χ4n) is 3.78. The van der Waals surface area contributed by atoms with Crippen molar-refractivity contribution >= 4 is 19.8 Å². The molecule has 0 rings (SSSR count). The second kappa shape index (κ2) is 24.4. The average molecular weight is 593 g/mol. The Morgan fingerprint density at radius 3 is 1.95 bits per heavy atom. The van der Waals surface area contributed by atoms with Gasteiger partial charge in [0.2, 0.25) is 0 Å². The molecule has 236 valence electrons. The number of hydrogen-bond donors (Lipinski definition) is 1. The highest BCUT2D eigenvalue weighted by Gasteiger charge is 2.27. The van der Waals surface area contributed by atoms with E-state index in [1.807, 2.05) is 21.1 Å². The molecule has 0 aromatic carbocycles. The number of phosphoric acid groups is 1. The summed E-state index contributed by atoms with van der Waals surface area (Å²) in [5.41, 5.74) is 0. The fourth-order valence-corrected chi connectivity index (χ4v) is 4.52. The number of carbonyl (C=O) groups excluding carboxylic acids is 2. The third-order valence-electron chi connectivity index (χ3n) is 6.28. The summed E-state index contributed by atoms with van der Waals surface area (Å²) in [6, 6.07) is 0. The van der Waals surface area contributed by atoms with E-state index in [1.54, 1.807) is 0 Å². The molecular formula is C30H59NO8P+. The van der Waals surface area contributed by atoms with Gasteiger partial charge in [-0.25, -0.2) is 4.57 Å². The molecule has 1 N–H and O–H groups in total. The smallest absolute Gasteiger partial charge is 0.462 e. The third kappa shape index (κ3) is 26.9. The van der Waals surface area contributed by atoms with Crippen LogP contribution in [0.3, 0.4) is 0 Å². The summed E-state index contributed by atoms with van der Waals surface area (Å²) in [5, 5.41) is 0. The predicted octanol–water partition coefficient (Wildman–Crippen LogP) is 7.12. The maximum Gasteiger partial charge on any atom is 0.472 e. The average Bonchev–Trinajstić information content (AvgIpc) is 2.88. The molecule has 0 saturated heterocycles. The third-order valence-corrected chi connectivity index (χ3v) is 7.26. The monoisotopic (exact) mass is 592 g/mol. The lowest BCUT2D eigenvalue weighted by Crippen LogP contribution is -2.37. The summed E-state index contributed by atoms with van der Waals surface area (Å²) in [5.74, 6) is -0.825. The van der Waals surface area contributed by atoms with Crippen LogP contribution in [0.5, 0.6) is 0 Å². The fraction of sp³-hybridized carbons (Fsp3) is 0.867. The molecule has 0 heterocycles. The van der Waals surface area contributed by atoms with Crippen LogP contribution in [0.15, 0.2) is 12.2 Å². The van der Waals surface area contributed by atoms with Gasteiger partial charge < -0.3 is 18.9 Å². The van der Waals surface area contributed by atoms with Crippen LogP contribution < -0.4 is 0 Å². The summed E-state index contributed by atoms with van der Waals surface area (Å²) >= 11 is 0. The van der Waals surface area contributed by atoms with Gasteiger partial charge in [0, 0.05) is 12.8 Å². The molecule has 0 aliphatic rings. The van der Waals surface area contributed by atoms with Gasteiger partial charge in [0.25, 0.3) is 0 Å². The minimum Gasteiger partial charge on any atom is -0.462 e. The summed E-state index contributed by atoms with van der Waals surface area (Å²) in [7, 11) is 1.47. The first-order valence-electron chi connectivity index (χ1n) is 15.4. The first-order chi connectivity index (χ1) is 19.0. The van der Waals surface area contributed by atoms with Gasteiger partial charge in [-0.1, -0.05) is 83.8 Å². The van der Waals surface area contributed by atoms with E-state index in [1.165, 1.54) is 19.3 Å². The number of phosphoric ester groups is 1. The van der Waals surface area contributed by atoms with Crippen LogP contribution in [0.2, 0.25) is 0 Å².